The third-order valence-electron chi connectivity index (χ3n) is 4.27. The molecule has 0 bridgehead atoms. The SMILES string of the molecule is Cc1ccc(C(=O)NCc2cc(=O)oc3ccc(C(C)C)cc23)cc1. The maximum Gasteiger partial charge on any atom is 0.336 e. The van der Waals surface area contributed by atoms with Gasteiger partial charge in [-0.1, -0.05) is 37.6 Å². The molecule has 0 saturated heterocycles. The molecule has 1 aromatic heterocycles. The molecule has 0 aliphatic carbocycles. The van der Waals surface area contributed by atoms with E-state index in [-0.39, 0.29) is 12.5 Å². The van der Waals surface area contributed by atoms with E-state index >= 15 is 0 Å². The van der Waals surface area contributed by atoms with Gasteiger partial charge in [0.1, 0.15) is 5.58 Å². The molecule has 0 radical (unpaired) electrons. The van der Waals surface area contributed by atoms with E-state index in [4.69, 9.17) is 4.42 Å². The zero-order chi connectivity index (χ0) is 18.0. The molecule has 0 spiro atoms. The smallest absolute Gasteiger partial charge is 0.336 e. The number of hydrogen-bond acceptors (Lipinski definition) is 3. The van der Waals surface area contributed by atoms with Gasteiger partial charge >= 0.3 is 5.63 Å². The summed E-state index contributed by atoms with van der Waals surface area (Å²) >= 11 is 0. The van der Waals surface area contributed by atoms with E-state index in [2.05, 4.69) is 19.2 Å². The maximum absolute atomic E-state index is 12.3. The monoisotopic (exact) mass is 335 g/mol. The van der Waals surface area contributed by atoms with Crippen molar-refractivity contribution in [3.63, 3.8) is 0 Å². The van der Waals surface area contributed by atoms with E-state index in [9.17, 15) is 9.59 Å². The summed E-state index contributed by atoms with van der Waals surface area (Å²) in [7, 11) is 0. The standard InChI is InChI=1S/C21H21NO3/c1-13(2)16-8-9-19-18(10-16)17(11-20(23)25-19)12-22-21(24)15-6-4-14(3)5-7-15/h4-11,13H,12H2,1-3H3,(H,22,24). The Balaban J connectivity index is 1.89. The summed E-state index contributed by atoms with van der Waals surface area (Å²) in [6.45, 7) is 6.47. The van der Waals surface area contributed by atoms with Gasteiger partial charge < -0.3 is 9.73 Å². The second-order valence-electron chi connectivity index (χ2n) is 6.55. The summed E-state index contributed by atoms with van der Waals surface area (Å²) in [5.41, 5.74) is 3.74. The van der Waals surface area contributed by atoms with Gasteiger partial charge in [0.15, 0.2) is 0 Å². The van der Waals surface area contributed by atoms with Crippen molar-refractivity contribution in [2.75, 3.05) is 0 Å². The van der Waals surface area contributed by atoms with Crippen molar-refractivity contribution in [1.82, 2.24) is 5.32 Å². The number of aryl methyl sites for hydroxylation is 1. The molecule has 2 aromatic carbocycles. The Morgan fingerprint density at radius 1 is 1.08 bits per heavy atom. The molecule has 1 amide bonds. The van der Waals surface area contributed by atoms with Crippen LogP contribution in [0.5, 0.6) is 0 Å². The third-order valence-corrected chi connectivity index (χ3v) is 4.27. The van der Waals surface area contributed by atoms with Crippen molar-refractivity contribution in [3.8, 4) is 0 Å². The Morgan fingerprint density at radius 2 is 1.80 bits per heavy atom. The highest BCUT2D eigenvalue weighted by Gasteiger charge is 2.10. The van der Waals surface area contributed by atoms with Crippen LogP contribution in [0.15, 0.2) is 57.7 Å². The first-order valence-electron chi connectivity index (χ1n) is 8.35. The number of rotatable bonds is 4. The molecule has 3 aromatic rings. The van der Waals surface area contributed by atoms with Crippen LogP contribution >= 0.6 is 0 Å². The van der Waals surface area contributed by atoms with Gasteiger partial charge in [-0.05, 0) is 48.2 Å². The lowest BCUT2D eigenvalue weighted by Crippen LogP contribution is -2.23. The van der Waals surface area contributed by atoms with Gasteiger partial charge in [0, 0.05) is 23.6 Å². The summed E-state index contributed by atoms with van der Waals surface area (Å²) in [6, 6.07) is 14.6. The minimum atomic E-state index is -0.413. The Bertz CT molecular complexity index is 969. The number of fused-ring (bicyclic) bond motifs is 1. The molecule has 128 valence electrons. The van der Waals surface area contributed by atoms with Gasteiger partial charge in [-0.15, -0.1) is 0 Å². The highest BCUT2D eigenvalue weighted by molar-refractivity contribution is 5.94. The average Bonchev–Trinajstić information content (AvgIpc) is 2.59. The van der Waals surface area contributed by atoms with E-state index in [1.165, 1.54) is 6.07 Å². The largest absolute Gasteiger partial charge is 0.423 e. The molecule has 4 nitrogen and oxygen atoms in total. The molecule has 0 atom stereocenters. The van der Waals surface area contributed by atoms with Crippen LogP contribution in [0.2, 0.25) is 0 Å². The molecule has 0 aliphatic heterocycles. The highest BCUT2D eigenvalue weighted by Crippen LogP contribution is 2.23. The Hall–Kier alpha value is -2.88. The van der Waals surface area contributed by atoms with Gasteiger partial charge in [0.25, 0.3) is 5.91 Å². The maximum atomic E-state index is 12.3. The molecule has 3 rings (SSSR count). The van der Waals surface area contributed by atoms with E-state index in [1.807, 2.05) is 37.3 Å². The van der Waals surface area contributed by atoms with Crippen LogP contribution < -0.4 is 10.9 Å². The van der Waals surface area contributed by atoms with E-state index in [0.717, 1.165) is 22.1 Å². The molecule has 0 saturated carbocycles. The fraction of sp³-hybridized carbons (Fsp3) is 0.238. The fourth-order valence-electron chi connectivity index (χ4n) is 2.73. The molecule has 4 heteroatoms. The number of benzene rings is 2. The van der Waals surface area contributed by atoms with Crippen molar-refractivity contribution < 1.29 is 9.21 Å². The number of amides is 1. The Labute approximate surface area is 146 Å². The Morgan fingerprint density at radius 3 is 2.48 bits per heavy atom. The zero-order valence-corrected chi connectivity index (χ0v) is 14.6. The predicted octanol–water partition coefficient (Wildman–Crippen LogP) is 4.15. The normalized spacial score (nSPS) is 11.0. The van der Waals surface area contributed by atoms with Crippen LogP contribution in [0.1, 0.15) is 46.8 Å². The van der Waals surface area contributed by atoms with Crippen LogP contribution in [0.4, 0.5) is 0 Å². The summed E-state index contributed by atoms with van der Waals surface area (Å²) in [6.07, 6.45) is 0. The predicted molar refractivity (Wildman–Crippen MR) is 98.9 cm³/mol. The summed E-state index contributed by atoms with van der Waals surface area (Å²) in [4.78, 5) is 24.1. The minimum Gasteiger partial charge on any atom is -0.423 e. The van der Waals surface area contributed by atoms with Crippen molar-refractivity contribution >= 4 is 16.9 Å². The molecule has 1 N–H and O–H groups in total. The molecule has 25 heavy (non-hydrogen) atoms. The first kappa shape index (κ1) is 17.0. The minimum absolute atomic E-state index is 0.165. The molecule has 0 aliphatic rings. The van der Waals surface area contributed by atoms with Gasteiger partial charge in [-0.3, -0.25) is 4.79 Å². The number of hydrogen-bond donors (Lipinski definition) is 1. The van der Waals surface area contributed by atoms with Gasteiger partial charge in [0.2, 0.25) is 0 Å². The molecule has 0 fully saturated rings. The van der Waals surface area contributed by atoms with Crippen LogP contribution in [-0.4, -0.2) is 5.91 Å². The summed E-state index contributed by atoms with van der Waals surface area (Å²) in [5, 5.41) is 3.74. The molecular weight excluding hydrogens is 314 g/mol. The van der Waals surface area contributed by atoms with Gasteiger partial charge in [-0.25, -0.2) is 4.79 Å². The average molecular weight is 335 g/mol. The van der Waals surface area contributed by atoms with Crippen molar-refractivity contribution in [2.24, 2.45) is 0 Å². The lowest BCUT2D eigenvalue weighted by molar-refractivity contribution is 0.0951. The molecule has 0 unspecified atom stereocenters. The van der Waals surface area contributed by atoms with Crippen LogP contribution in [-0.2, 0) is 6.54 Å². The number of carbonyl (C=O) groups is 1. The van der Waals surface area contributed by atoms with Gasteiger partial charge in [-0.2, -0.15) is 0 Å². The second kappa shape index (κ2) is 6.93. The molecule has 1 heterocycles. The van der Waals surface area contributed by atoms with Crippen molar-refractivity contribution in [1.29, 1.82) is 0 Å². The second-order valence-corrected chi connectivity index (χ2v) is 6.55. The highest BCUT2D eigenvalue weighted by atomic mass is 16.4. The van der Waals surface area contributed by atoms with E-state index < -0.39 is 5.63 Å². The topological polar surface area (TPSA) is 59.3 Å². The van der Waals surface area contributed by atoms with Crippen LogP contribution in [0.3, 0.4) is 0 Å². The summed E-state index contributed by atoms with van der Waals surface area (Å²) in [5.74, 6) is 0.202. The third kappa shape index (κ3) is 3.79. The lowest BCUT2D eigenvalue weighted by Gasteiger charge is -2.11. The van der Waals surface area contributed by atoms with E-state index in [0.29, 0.717) is 17.1 Å². The Kier molecular flexibility index (Phi) is 4.70. The van der Waals surface area contributed by atoms with Crippen molar-refractivity contribution in [2.45, 2.75) is 33.2 Å². The number of carbonyl (C=O) groups excluding carboxylic acids is 1. The van der Waals surface area contributed by atoms with Crippen molar-refractivity contribution in [3.05, 3.63) is 81.2 Å². The van der Waals surface area contributed by atoms with Crippen LogP contribution in [0.25, 0.3) is 11.0 Å². The number of nitrogens with one attached hydrogen (secondary N) is 1. The summed E-state index contributed by atoms with van der Waals surface area (Å²) < 4.78 is 5.27. The zero-order valence-electron chi connectivity index (χ0n) is 14.6. The van der Waals surface area contributed by atoms with E-state index in [1.54, 1.807) is 12.1 Å². The van der Waals surface area contributed by atoms with Crippen LogP contribution in [0, 0.1) is 6.92 Å². The first-order chi connectivity index (χ1) is 11.9. The molecular formula is C21H21NO3. The van der Waals surface area contributed by atoms with Gasteiger partial charge in [0.05, 0.1) is 0 Å². The lowest BCUT2D eigenvalue weighted by atomic mass is 9.99. The first-order valence-corrected chi connectivity index (χ1v) is 8.35. The fourth-order valence-corrected chi connectivity index (χ4v) is 2.73. The quantitative estimate of drug-likeness (QED) is 0.729.